The summed E-state index contributed by atoms with van der Waals surface area (Å²) in [4.78, 5) is 0. The van der Waals surface area contributed by atoms with Gasteiger partial charge in [0.2, 0.25) is 0 Å². The molecule has 0 aromatic carbocycles. The van der Waals surface area contributed by atoms with Crippen LogP contribution < -0.4 is 0 Å². The highest BCUT2D eigenvalue weighted by Gasteiger charge is 2.71. The van der Waals surface area contributed by atoms with Gasteiger partial charge in [-0.05, 0) is 124 Å². The Bertz CT molecular complexity index is 817. The van der Waals surface area contributed by atoms with Crippen LogP contribution in [0.25, 0.3) is 0 Å². The maximum absolute atomic E-state index is 11.9. The zero-order valence-electron chi connectivity index (χ0n) is 23.2. The third kappa shape index (κ3) is 3.16. The van der Waals surface area contributed by atoms with E-state index in [0.717, 1.165) is 44.9 Å². The minimum absolute atomic E-state index is 0.0630. The van der Waals surface area contributed by atoms with Crippen molar-refractivity contribution in [3.8, 4) is 0 Å². The molecule has 4 nitrogen and oxygen atoms in total. The molecule has 0 bridgehead atoms. The Morgan fingerprint density at radius 1 is 0.765 bits per heavy atom. The van der Waals surface area contributed by atoms with Crippen molar-refractivity contribution in [1.29, 1.82) is 0 Å². The fourth-order valence-corrected chi connectivity index (χ4v) is 11.1. The van der Waals surface area contributed by atoms with Crippen LogP contribution in [-0.4, -0.2) is 44.8 Å². The van der Waals surface area contributed by atoms with Gasteiger partial charge in [0.25, 0.3) is 0 Å². The Kier molecular flexibility index (Phi) is 5.59. The van der Waals surface area contributed by atoms with E-state index in [1.54, 1.807) is 0 Å². The topological polar surface area (TPSA) is 69.9 Å². The Morgan fingerprint density at radius 2 is 1.41 bits per heavy atom. The molecule has 1 saturated heterocycles. The summed E-state index contributed by atoms with van der Waals surface area (Å²) in [6, 6.07) is 0. The molecule has 4 heteroatoms. The van der Waals surface area contributed by atoms with Gasteiger partial charge in [0.1, 0.15) is 0 Å². The quantitative estimate of drug-likeness (QED) is 0.477. The maximum Gasteiger partial charge on any atom is 0.0865 e. The van der Waals surface area contributed by atoms with Crippen molar-refractivity contribution in [2.24, 2.45) is 45.3 Å². The van der Waals surface area contributed by atoms with Gasteiger partial charge >= 0.3 is 0 Å². The molecule has 3 N–H and O–H groups in total. The highest BCUT2D eigenvalue weighted by molar-refractivity contribution is 5.20. The van der Waals surface area contributed by atoms with Crippen molar-refractivity contribution < 1.29 is 20.1 Å². The van der Waals surface area contributed by atoms with Crippen LogP contribution in [0.5, 0.6) is 0 Å². The third-order valence-electron chi connectivity index (χ3n) is 13.3. The molecule has 0 aromatic rings. The molecule has 0 aromatic heterocycles. The van der Waals surface area contributed by atoms with Crippen LogP contribution in [-0.2, 0) is 4.74 Å². The van der Waals surface area contributed by atoms with Gasteiger partial charge in [-0.2, -0.15) is 0 Å². The molecule has 196 valence electrons. The summed E-state index contributed by atoms with van der Waals surface area (Å²) < 4.78 is 6.66. The minimum atomic E-state index is -0.826. The first-order valence-electron chi connectivity index (χ1n) is 14.3. The predicted molar refractivity (Wildman–Crippen MR) is 135 cm³/mol. The second-order valence-electron chi connectivity index (χ2n) is 15.4. The summed E-state index contributed by atoms with van der Waals surface area (Å²) in [7, 11) is 0. The van der Waals surface area contributed by atoms with Crippen molar-refractivity contribution in [2.45, 2.75) is 143 Å². The van der Waals surface area contributed by atoms with Gasteiger partial charge in [0, 0.05) is 0 Å². The van der Waals surface area contributed by atoms with Crippen molar-refractivity contribution in [3.05, 3.63) is 0 Å². The Balaban J connectivity index is 1.48. The van der Waals surface area contributed by atoms with Crippen LogP contribution in [0, 0.1) is 45.3 Å². The first kappa shape index (κ1) is 25.5. The van der Waals surface area contributed by atoms with E-state index >= 15 is 0 Å². The number of ether oxygens (including phenoxy) is 1. The van der Waals surface area contributed by atoms with Crippen molar-refractivity contribution in [1.82, 2.24) is 0 Å². The predicted octanol–water partition coefficient (Wildman–Crippen LogP) is 5.71. The average Bonchev–Trinajstić information content (AvgIpc) is 3.30. The molecule has 5 rings (SSSR count). The molecule has 0 amide bonds. The summed E-state index contributed by atoms with van der Waals surface area (Å²) in [5.74, 6) is 1.59. The van der Waals surface area contributed by atoms with Crippen LogP contribution >= 0.6 is 0 Å². The number of aliphatic hydroxyl groups excluding tert-OH is 2. The lowest BCUT2D eigenvalue weighted by Gasteiger charge is -2.70. The normalized spacial score (nSPS) is 57.1. The summed E-state index contributed by atoms with van der Waals surface area (Å²) in [5.41, 5.74) is -0.703. The zero-order chi connectivity index (χ0) is 25.1. The number of aliphatic hydroxyl groups is 3. The van der Waals surface area contributed by atoms with Gasteiger partial charge in [-0.3, -0.25) is 0 Å². The molecule has 1 heterocycles. The van der Waals surface area contributed by atoms with Gasteiger partial charge in [-0.1, -0.05) is 34.6 Å². The average molecular weight is 477 g/mol. The summed E-state index contributed by atoms with van der Waals surface area (Å²) in [6.07, 6.45) is 8.72. The Labute approximate surface area is 208 Å². The molecule has 4 saturated carbocycles. The second-order valence-corrected chi connectivity index (χ2v) is 15.4. The zero-order valence-corrected chi connectivity index (χ0v) is 23.2. The number of hydrogen-bond acceptors (Lipinski definition) is 4. The Morgan fingerprint density at radius 3 is 2.03 bits per heavy atom. The lowest BCUT2D eigenvalue weighted by Crippen LogP contribution is -2.66. The molecule has 34 heavy (non-hydrogen) atoms. The molecule has 11 atom stereocenters. The van der Waals surface area contributed by atoms with Gasteiger partial charge in [-0.25, -0.2) is 0 Å². The molecule has 5 aliphatic rings. The van der Waals surface area contributed by atoms with E-state index < -0.39 is 5.60 Å². The lowest BCUT2D eigenvalue weighted by atomic mass is 9.35. The summed E-state index contributed by atoms with van der Waals surface area (Å²) in [5, 5.41) is 33.4. The molecule has 5 fully saturated rings. The highest BCUT2D eigenvalue weighted by atomic mass is 16.5. The van der Waals surface area contributed by atoms with Gasteiger partial charge in [0.05, 0.1) is 29.5 Å². The lowest BCUT2D eigenvalue weighted by molar-refractivity contribution is -0.248. The van der Waals surface area contributed by atoms with E-state index in [0.29, 0.717) is 17.8 Å². The number of hydrogen-bond donors (Lipinski definition) is 3. The van der Waals surface area contributed by atoms with E-state index in [9.17, 15) is 15.3 Å². The SMILES string of the molecule is CC(C)(O)[C@H]1CC[C@@](C)([C@H]2CC[C@]3(C)[C@@H]2[C@H](O)C[C@H]2[C@@]4(C)CC[C@H](O)C(C)(C)[C@@H]4CC[C@]23C)O1. The first-order valence-corrected chi connectivity index (χ1v) is 14.3. The van der Waals surface area contributed by atoms with Crippen LogP contribution in [0.15, 0.2) is 0 Å². The van der Waals surface area contributed by atoms with E-state index in [1.165, 1.54) is 12.8 Å². The molecule has 0 spiro atoms. The smallest absolute Gasteiger partial charge is 0.0865 e. The summed E-state index contributed by atoms with van der Waals surface area (Å²) in [6.45, 7) is 18.1. The molecule has 0 radical (unpaired) electrons. The molecule has 0 unspecified atom stereocenters. The van der Waals surface area contributed by atoms with Crippen LogP contribution in [0.4, 0.5) is 0 Å². The number of rotatable bonds is 2. The van der Waals surface area contributed by atoms with Gasteiger partial charge < -0.3 is 20.1 Å². The maximum atomic E-state index is 11.9. The van der Waals surface area contributed by atoms with Crippen molar-refractivity contribution >= 4 is 0 Å². The number of fused-ring (bicyclic) bond motifs is 5. The van der Waals surface area contributed by atoms with Gasteiger partial charge in [0.15, 0.2) is 0 Å². The molecule has 1 aliphatic heterocycles. The molecule has 4 aliphatic carbocycles. The van der Waals surface area contributed by atoms with E-state index in [1.807, 2.05) is 13.8 Å². The standard InChI is InChI=1S/C30H52O4/c1-25(2)20-10-15-28(6)21(27(20,5)13-11-22(25)32)17-19(31)24-18(9-14-29(24,28)7)30(8)16-12-23(34-30)26(3,4)33/h18-24,31-33H,9-17H2,1-8H3/t18-,19+,20-,21-,22-,23+,24-,27-,28+,29+,30-/m0/s1. The third-order valence-corrected chi connectivity index (χ3v) is 13.3. The van der Waals surface area contributed by atoms with Crippen LogP contribution in [0.2, 0.25) is 0 Å². The fourth-order valence-electron chi connectivity index (χ4n) is 11.1. The monoisotopic (exact) mass is 476 g/mol. The Hall–Kier alpha value is -0.160. The molecular weight excluding hydrogens is 424 g/mol. The van der Waals surface area contributed by atoms with E-state index in [2.05, 4.69) is 41.5 Å². The fraction of sp³-hybridized carbons (Fsp3) is 1.00. The van der Waals surface area contributed by atoms with Gasteiger partial charge in [-0.15, -0.1) is 0 Å². The van der Waals surface area contributed by atoms with E-state index in [-0.39, 0.29) is 51.5 Å². The van der Waals surface area contributed by atoms with Crippen LogP contribution in [0.3, 0.4) is 0 Å². The van der Waals surface area contributed by atoms with Crippen molar-refractivity contribution in [3.63, 3.8) is 0 Å². The second kappa shape index (κ2) is 7.45. The highest BCUT2D eigenvalue weighted by Crippen LogP contribution is 2.76. The van der Waals surface area contributed by atoms with Crippen molar-refractivity contribution in [2.75, 3.05) is 0 Å². The first-order chi connectivity index (χ1) is 15.5. The van der Waals surface area contributed by atoms with E-state index in [4.69, 9.17) is 4.74 Å². The minimum Gasteiger partial charge on any atom is -0.393 e. The summed E-state index contributed by atoms with van der Waals surface area (Å²) >= 11 is 0. The molecular formula is C30H52O4. The van der Waals surface area contributed by atoms with Crippen LogP contribution in [0.1, 0.15) is 113 Å². The largest absolute Gasteiger partial charge is 0.393 e.